The van der Waals surface area contributed by atoms with Gasteiger partial charge < -0.3 is 23.9 Å². The largest absolute Gasteiger partial charge is 0.487 e. The van der Waals surface area contributed by atoms with Gasteiger partial charge in [-0.2, -0.15) is 13.2 Å². The fraction of sp³-hybridized carbons (Fsp3) is 0.286. The van der Waals surface area contributed by atoms with Crippen LogP contribution in [0.1, 0.15) is 58.6 Å². The van der Waals surface area contributed by atoms with Gasteiger partial charge in [0.05, 0.1) is 11.7 Å². The molecule has 0 saturated carbocycles. The summed E-state index contributed by atoms with van der Waals surface area (Å²) in [6.45, 7) is 2.61. The number of oxazole rings is 1. The van der Waals surface area contributed by atoms with E-state index in [0.717, 1.165) is 29.7 Å². The molecular formula is C28H28F3N3O4. The fourth-order valence-corrected chi connectivity index (χ4v) is 3.99. The number of benzene rings is 2. The first-order valence-corrected chi connectivity index (χ1v) is 12.0. The molecule has 0 bridgehead atoms. The highest BCUT2D eigenvalue weighted by molar-refractivity contribution is 5.66. The number of alkyl halides is 3. The van der Waals surface area contributed by atoms with Crippen LogP contribution in [0.15, 0.2) is 65.5 Å². The van der Waals surface area contributed by atoms with Crippen molar-refractivity contribution < 1.29 is 32.5 Å². The summed E-state index contributed by atoms with van der Waals surface area (Å²) in [5.74, 6) is 1.53. The van der Waals surface area contributed by atoms with Gasteiger partial charge in [0.15, 0.2) is 0 Å². The van der Waals surface area contributed by atoms with Gasteiger partial charge in [-0.05, 0) is 66.8 Å². The summed E-state index contributed by atoms with van der Waals surface area (Å²) in [6.07, 6.45) is 4.39. The molecule has 0 aliphatic rings. The molecule has 0 spiro atoms. The second-order valence-corrected chi connectivity index (χ2v) is 8.79. The number of halogens is 3. The maximum Gasteiger partial charge on any atom is 0.416 e. The minimum absolute atomic E-state index is 0.120. The summed E-state index contributed by atoms with van der Waals surface area (Å²) >= 11 is 0. The molecule has 0 radical (unpaired) electrons. The lowest BCUT2D eigenvalue weighted by atomic mass is 9.99. The standard InChI is InChI=1S/C28H28F3N3O4/c1-19-15-23(9-10-24(19)25(36)3-2-13-34-14-12-32-26(34)16-35)37-17-22-18-38-27(33-22)11-6-20-4-7-21(8-5-20)28(29,30)31/h4-12,14-15,18,25,35-36H,2-3,13,16-17H2,1H3/b11-6+. The number of aryl methyl sites for hydroxylation is 2. The van der Waals surface area contributed by atoms with Gasteiger partial charge in [0.1, 0.15) is 36.7 Å². The smallest absolute Gasteiger partial charge is 0.416 e. The molecule has 0 aliphatic heterocycles. The molecule has 2 aromatic carbocycles. The molecule has 1 atom stereocenters. The van der Waals surface area contributed by atoms with E-state index in [1.165, 1.54) is 18.4 Å². The van der Waals surface area contributed by atoms with Crippen LogP contribution in [-0.2, 0) is 25.9 Å². The van der Waals surface area contributed by atoms with Crippen LogP contribution in [-0.4, -0.2) is 24.7 Å². The summed E-state index contributed by atoms with van der Waals surface area (Å²) in [6, 6.07) is 10.3. The first-order valence-electron chi connectivity index (χ1n) is 12.0. The highest BCUT2D eigenvalue weighted by atomic mass is 19.4. The maximum absolute atomic E-state index is 12.7. The quantitative estimate of drug-likeness (QED) is 0.250. The van der Waals surface area contributed by atoms with E-state index in [2.05, 4.69) is 9.97 Å². The van der Waals surface area contributed by atoms with Gasteiger partial charge >= 0.3 is 6.18 Å². The number of imidazole rings is 1. The number of rotatable bonds is 11. The number of aromatic nitrogens is 3. The molecule has 2 heterocycles. The number of hydrogen-bond acceptors (Lipinski definition) is 6. The lowest BCUT2D eigenvalue weighted by Gasteiger charge is -2.15. The van der Waals surface area contributed by atoms with Crippen LogP contribution in [0.2, 0.25) is 0 Å². The highest BCUT2D eigenvalue weighted by Gasteiger charge is 2.29. The topological polar surface area (TPSA) is 93.5 Å². The lowest BCUT2D eigenvalue weighted by molar-refractivity contribution is -0.137. The molecule has 10 heteroatoms. The normalized spacial score (nSPS) is 12.8. The summed E-state index contributed by atoms with van der Waals surface area (Å²) < 4.78 is 51.1. The average molecular weight is 528 g/mol. The van der Waals surface area contributed by atoms with Crippen LogP contribution in [0.3, 0.4) is 0 Å². The van der Waals surface area contributed by atoms with E-state index in [9.17, 15) is 23.4 Å². The summed E-state index contributed by atoms with van der Waals surface area (Å²) in [7, 11) is 0. The summed E-state index contributed by atoms with van der Waals surface area (Å²) in [5, 5.41) is 19.9. The van der Waals surface area contributed by atoms with Crippen molar-refractivity contribution >= 4 is 12.2 Å². The number of ether oxygens (including phenoxy) is 1. The van der Waals surface area contributed by atoms with Crippen LogP contribution in [0.4, 0.5) is 13.2 Å². The van der Waals surface area contributed by atoms with Crippen molar-refractivity contribution in [2.75, 3.05) is 0 Å². The molecule has 1 unspecified atom stereocenters. The Kier molecular flexibility index (Phi) is 8.65. The van der Waals surface area contributed by atoms with Crippen LogP contribution in [0, 0.1) is 6.92 Å². The van der Waals surface area contributed by atoms with E-state index in [1.54, 1.807) is 24.4 Å². The lowest BCUT2D eigenvalue weighted by Crippen LogP contribution is -2.06. The Bertz CT molecular complexity index is 1360. The Morgan fingerprint density at radius 1 is 1.13 bits per heavy atom. The minimum Gasteiger partial charge on any atom is -0.487 e. The molecule has 7 nitrogen and oxygen atoms in total. The third-order valence-corrected chi connectivity index (χ3v) is 6.03. The van der Waals surface area contributed by atoms with Gasteiger partial charge in [-0.25, -0.2) is 9.97 Å². The zero-order valence-electron chi connectivity index (χ0n) is 20.7. The molecule has 4 rings (SSSR count). The molecule has 0 fully saturated rings. The van der Waals surface area contributed by atoms with E-state index in [4.69, 9.17) is 9.15 Å². The number of nitrogens with zero attached hydrogens (tertiary/aromatic N) is 3. The molecule has 0 aliphatic carbocycles. The summed E-state index contributed by atoms with van der Waals surface area (Å²) in [5.41, 5.74) is 2.16. The molecule has 0 saturated heterocycles. The Labute approximate surface area is 217 Å². The van der Waals surface area contributed by atoms with Crippen LogP contribution in [0.5, 0.6) is 5.75 Å². The zero-order chi connectivity index (χ0) is 27.1. The maximum atomic E-state index is 12.7. The highest BCUT2D eigenvalue weighted by Crippen LogP contribution is 2.29. The van der Waals surface area contributed by atoms with E-state index < -0.39 is 17.8 Å². The SMILES string of the molecule is Cc1cc(OCc2coc(/C=C/c3ccc(C(F)(F)F)cc3)n2)ccc1C(O)CCCn1ccnc1CO. The van der Waals surface area contributed by atoms with Gasteiger partial charge in [0, 0.05) is 25.0 Å². The Hall–Kier alpha value is -3.89. The first kappa shape index (κ1) is 27.2. The zero-order valence-corrected chi connectivity index (χ0v) is 20.7. The average Bonchev–Trinajstić information content (AvgIpc) is 3.55. The molecular weight excluding hydrogens is 499 g/mol. The van der Waals surface area contributed by atoms with Crippen LogP contribution < -0.4 is 4.74 Å². The number of aliphatic hydroxyl groups excluding tert-OH is 2. The fourth-order valence-electron chi connectivity index (χ4n) is 3.99. The third kappa shape index (κ3) is 7.11. The second kappa shape index (κ2) is 12.1. The molecule has 0 amide bonds. The van der Waals surface area contributed by atoms with Crippen molar-refractivity contribution in [3.05, 3.63) is 101 Å². The molecule has 38 heavy (non-hydrogen) atoms. The van der Waals surface area contributed by atoms with Gasteiger partial charge in [0.2, 0.25) is 5.89 Å². The number of aliphatic hydroxyl groups is 2. The van der Waals surface area contributed by atoms with Gasteiger partial charge in [-0.3, -0.25) is 0 Å². The molecule has 2 N–H and O–H groups in total. The Morgan fingerprint density at radius 3 is 2.63 bits per heavy atom. The summed E-state index contributed by atoms with van der Waals surface area (Å²) in [4.78, 5) is 8.39. The van der Waals surface area contributed by atoms with E-state index in [-0.39, 0.29) is 13.2 Å². The minimum atomic E-state index is -4.37. The van der Waals surface area contributed by atoms with Crippen molar-refractivity contribution in [2.24, 2.45) is 0 Å². The third-order valence-electron chi connectivity index (χ3n) is 6.03. The predicted octanol–water partition coefficient (Wildman–Crippen LogP) is 5.95. The first-order chi connectivity index (χ1) is 18.2. The number of hydrogen-bond donors (Lipinski definition) is 2. The van der Waals surface area contributed by atoms with E-state index >= 15 is 0 Å². The van der Waals surface area contributed by atoms with Crippen molar-refractivity contribution in [1.82, 2.24) is 14.5 Å². The van der Waals surface area contributed by atoms with Crippen molar-refractivity contribution in [2.45, 2.75) is 51.8 Å². The molecule has 200 valence electrons. The van der Waals surface area contributed by atoms with Crippen molar-refractivity contribution in [3.63, 3.8) is 0 Å². The second-order valence-electron chi connectivity index (χ2n) is 8.79. The van der Waals surface area contributed by atoms with Crippen LogP contribution in [0.25, 0.3) is 12.2 Å². The van der Waals surface area contributed by atoms with Crippen LogP contribution >= 0.6 is 0 Å². The van der Waals surface area contributed by atoms with Crippen molar-refractivity contribution in [3.8, 4) is 5.75 Å². The van der Waals surface area contributed by atoms with E-state index in [0.29, 0.717) is 41.7 Å². The predicted molar refractivity (Wildman–Crippen MR) is 135 cm³/mol. The Balaban J connectivity index is 1.27. The molecule has 4 aromatic rings. The Morgan fingerprint density at radius 2 is 1.92 bits per heavy atom. The van der Waals surface area contributed by atoms with Crippen molar-refractivity contribution in [1.29, 1.82) is 0 Å². The molecule has 2 aromatic heterocycles. The monoisotopic (exact) mass is 527 g/mol. The van der Waals surface area contributed by atoms with Gasteiger partial charge in [0.25, 0.3) is 0 Å². The van der Waals surface area contributed by atoms with Gasteiger partial charge in [-0.1, -0.05) is 18.2 Å². The van der Waals surface area contributed by atoms with E-state index in [1.807, 2.05) is 29.8 Å². The van der Waals surface area contributed by atoms with Gasteiger partial charge in [-0.15, -0.1) is 0 Å².